The summed E-state index contributed by atoms with van der Waals surface area (Å²) < 4.78 is 43.3. The third-order valence-electron chi connectivity index (χ3n) is 3.69. The van der Waals surface area contributed by atoms with E-state index < -0.39 is 10.0 Å². The van der Waals surface area contributed by atoms with E-state index in [4.69, 9.17) is 14.2 Å². The molecule has 0 unspecified atom stereocenters. The highest BCUT2D eigenvalue weighted by Gasteiger charge is 2.13. The van der Waals surface area contributed by atoms with Crippen LogP contribution in [0.4, 0.5) is 0 Å². The zero-order chi connectivity index (χ0) is 19.7. The lowest BCUT2D eigenvalue weighted by Gasteiger charge is -2.11. The number of rotatable bonds is 11. The Bertz CT molecular complexity index is 786. The van der Waals surface area contributed by atoms with E-state index in [1.165, 1.54) is 12.1 Å². The van der Waals surface area contributed by atoms with Crippen molar-refractivity contribution in [1.82, 2.24) is 4.72 Å². The summed E-state index contributed by atoms with van der Waals surface area (Å²) >= 11 is 0. The van der Waals surface area contributed by atoms with E-state index in [1.54, 1.807) is 19.2 Å². The smallest absolute Gasteiger partial charge is 0.240 e. The van der Waals surface area contributed by atoms with Crippen LogP contribution in [-0.2, 0) is 21.2 Å². The number of methoxy groups -OCH3 is 1. The summed E-state index contributed by atoms with van der Waals surface area (Å²) in [6.07, 6.45) is 0.721. The van der Waals surface area contributed by atoms with Crippen LogP contribution in [0.15, 0.2) is 53.4 Å². The van der Waals surface area contributed by atoms with Gasteiger partial charge < -0.3 is 14.2 Å². The summed E-state index contributed by atoms with van der Waals surface area (Å²) in [7, 11) is -1.96. The van der Waals surface area contributed by atoms with Crippen molar-refractivity contribution in [3.63, 3.8) is 0 Å². The SMILES string of the molecule is COCCOc1ccc(S(=O)(=O)NCCc2ccc(OC(C)C)cc2)cc1. The van der Waals surface area contributed by atoms with Crippen molar-refractivity contribution in [3.05, 3.63) is 54.1 Å². The summed E-state index contributed by atoms with van der Waals surface area (Å²) in [5, 5.41) is 0. The van der Waals surface area contributed by atoms with E-state index in [1.807, 2.05) is 38.1 Å². The molecule has 0 fully saturated rings. The van der Waals surface area contributed by atoms with Crippen molar-refractivity contribution >= 4 is 10.0 Å². The zero-order valence-electron chi connectivity index (χ0n) is 16.0. The van der Waals surface area contributed by atoms with Crippen LogP contribution >= 0.6 is 0 Å². The predicted molar refractivity (Wildman–Crippen MR) is 105 cm³/mol. The average molecular weight is 394 g/mol. The first-order chi connectivity index (χ1) is 12.9. The van der Waals surface area contributed by atoms with Gasteiger partial charge in [-0.2, -0.15) is 0 Å². The molecule has 0 atom stereocenters. The normalized spacial score (nSPS) is 11.6. The molecule has 0 amide bonds. The maximum absolute atomic E-state index is 12.4. The molecule has 7 heteroatoms. The molecule has 2 aromatic rings. The van der Waals surface area contributed by atoms with Gasteiger partial charge in [0.25, 0.3) is 0 Å². The molecule has 0 bridgehead atoms. The fourth-order valence-electron chi connectivity index (χ4n) is 2.38. The van der Waals surface area contributed by atoms with Crippen LogP contribution in [0.3, 0.4) is 0 Å². The molecule has 0 aliphatic rings. The summed E-state index contributed by atoms with van der Waals surface area (Å²) in [6.45, 7) is 5.16. The Labute approximate surface area is 161 Å². The topological polar surface area (TPSA) is 73.9 Å². The van der Waals surface area contributed by atoms with E-state index in [9.17, 15) is 8.42 Å². The van der Waals surface area contributed by atoms with Crippen molar-refractivity contribution in [2.45, 2.75) is 31.3 Å². The van der Waals surface area contributed by atoms with Gasteiger partial charge in [-0.15, -0.1) is 0 Å². The fraction of sp³-hybridized carbons (Fsp3) is 0.400. The molecule has 0 aromatic heterocycles. The largest absolute Gasteiger partial charge is 0.491 e. The van der Waals surface area contributed by atoms with E-state index in [0.717, 1.165) is 11.3 Å². The van der Waals surface area contributed by atoms with Gasteiger partial charge in [0, 0.05) is 13.7 Å². The molecule has 0 aliphatic carbocycles. The molecule has 2 rings (SSSR count). The van der Waals surface area contributed by atoms with Gasteiger partial charge >= 0.3 is 0 Å². The Hall–Kier alpha value is -2.09. The number of sulfonamides is 1. The Kier molecular flexibility index (Phi) is 8.09. The fourth-order valence-corrected chi connectivity index (χ4v) is 3.41. The van der Waals surface area contributed by atoms with Crippen LogP contribution in [0, 0.1) is 0 Å². The Morgan fingerprint density at radius 2 is 1.56 bits per heavy atom. The molecule has 0 spiro atoms. The standard InChI is InChI=1S/C20H27NO5S/c1-16(2)26-19-6-4-17(5-7-19)12-13-21-27(22,23)20-10-8-18(9-11-20)25-15-14-24-3/h4-11,16,21H,12-15H2,1-3H3. The van der Waals surface area contributed by atoms with Crippen molar-refractivity contribution in [1.29, 1.82) is 0 Å². The summed E-state index contributed by atoms with van der Waals surface area (Å²) in [5.74, 6) is 1.41. The van der Waals surface area contributed by atoms with E-state index in [0.29, 0.717) is 31.9 Å². The van der Waals surface area contributed by atoms with Gasteiger partial charge in [-0.1, -0.05) is 12.1 Å². The molecule has 0 saturated heterocycles. The summed E-state index contributed by atoms with van der Waals surface area (Å²) in [5.41, 5.74) is 1.04. The Morgan fingerprint density at radius 1 is 0.926 bits per heavy atom. The molecule has 0 saturated carbocycles. The van der Waals surface area contributed by atoms with Crippen LogP contribution in [0.25, 0.3) is 0 Å². The number of hydrogen-bond donors (Lipinski definition) is 1. The summed E-state index contributed by atoms with van der Waals surface area (Å²) in [6, 6.07) is 14.0. The third kappa shape index (κ3) is 7.21. The molecule has 0 heterocycles. The first kappa shape index (κ1) is 21.2. The molecular weight excluding hydrogens is 366 g/mol. The number of hydrogen-bond acceptors (Lipinski definition) is 5. The second-order valence-corrected chi connectivity index (χ2v) is 8.04. The van der Waals surface area contributed by atoms with E-state index in [-0.39, 0.29) is 11.0 Å². The van der Waals surface area contributed by atoms with Gasteiger partial charge in [-0.25, -0.2) is 13.1 Å². The van der Waals surface area contributed by atoms with Gasteiger partial charge in [-0.05, 0) is 62.2 Å². The number of ether oxygens (including phenoxy) is 3. The lowest BCUT2D eigenvalue weighted by molar-refractivity contribution is 0.146. The van der Waals surface area contributed by atoms with Crippen molar-refractivity contribution < 1.29 is 22.6 Å². The highest BCUT2D eigenvalue weighted by Crippen LogP contribution is 2.17. The lowest BCUT2D eigenvalue weighted by atomic mass is 10.1. The first-order valence-electron chi connectivity index (χ1n) is 8.88. The van der Waals surface area contributed by atoms with Gasteiger partial charge in [-0.3, -0.25) is 0 Å². The van der Waals surface area contributed by atoms with Crippen LogP contribution < -0.4 is 14.2 Å². The van der Waals surface area contributed by atoms with Crippen LogP contribution in [-0.4, -0.2) is 41.4 Å². The van der Waals surface area contributed by atoms with Crippen molar-refractivity contribution in [3.8, 4) is 11.5 Å². The average Bonchev–Trinajstić information content (AvgIpc) is 2.63. The van der Waals surface area contributed by atoms with Crippen LogP contribution in [0.5, 0.6) is 11.5 Å². The minimum atomic E-state index is -3.55. The predicted octanol–water partition coefficient (Wildman–Crippen LogP) is 3.02. The van der Waals surface area contributed by atoms with Crippen molar-refractivity contribution in [2.24, 2.45) is 0 Å². The molecule has 148 valence electrons. The molecular formula is C20H27NO5S. The van der Waals surface area contributed by atoms with Gasteiger partial charge in [0.2, 0.25) is 10.0 Å². The Balaban J connectivity index is 1.85. The van der Waals surface area contributed by atoms with Gasteiger partial charge in [0.1, 0.15) is 18.1 Å². The lowest BCUT2D eigenvalue weighted by Crippen LogP contribution is -2.26. The maximum Gasteiger partial charge on any atom is 0.240 e. The van der Waals surface area contributed by atoms with Gasteiger partial charge in [0.15, 0.2) is 0 Å². The van der Waals surface area contributed by atoms with Crippen LogP contribution in [0.1, 0.15) is 19.4 Å². The molecule has 2 aromatic carbocycles. The Morgan fingerprint density at radius 3 is 2.15 bits per heavy atom. The van der Waals surface area contributed by atoms with Crippen molar-refractivity contribution in [2.75, 3.05) is 26.9 Å². The molecule has 1 N–H and O–H groups in total. The highest BCUT2D eigenvalue weighted by atomic mass is 32.2. The van der Waals surface area contributed by atoms with Crippen LogP contribution in [0.2, 0.25) is 0 Å². The first-order valence-corrected chi connectivity index (χ1v) is 10.4. The molecule has 6 nitrogen and oxygen atoms in total. The minimum Gasteiger partial charge on any atom is -0.491 e. The minimum absolute atomic E-state index is 0.124. The van der Waals surface area contributed by atoms with E-state index in [2.05, 4.69) is 4.72 Å². The maximum atomic E-state index is 12.4. The second kappa shape index (κ2) is 10.3. The second-order valence-electron chi connectivity index (χ2n) is 6.27. The van der Waals surface area contributed by atoms with Gasteiger partial charge in [0.05, 0.1) is 17.6 Å². The van der Waals surface area contributed by atoms with E-state index >= 15 is 0 Å². The summed E-state index contributed by atoms with van der Waals surface area (Å²) in [4.78, 5) is 0.210. The molecule has 27 heavy (non-hydrogen) atoms. The molecule has 0 aliphatic heterocycles. The monoisotopic (exact) mass is 393 g/mol. The number of benzene rings is 2. The quantitative estimate of drug-likeness (QED) is 0.594. The zero-order valence-corrected chi connectivity index (χ0v) is 16.8. The highest BCUT2D eigenvalue weighted by molar-refractivity contribution is 7.89. The number of nitrogens with one attached hydrogen (secondary N) is 1. The molecule has 0 radical (unpaired) electrons. The third-order valence-corrected chi connectivity index (χ3v) is 5.17.